The van der Waals surface area contributed by atoms with Crippen LogP contribution in [0.15, 0.2) is 28.7 Å². The van der Waals surface area contributed by atoms with Gasteiger partial charge in [-0.1, -0.05) is 35.0 Å². The molecule has 1 aliphatic rings. The monoisotopic (exact) mass is 324 g/mol. The largest absolute Gasteiger partial charge is 0.310 e. The van der Waals surface area contributed by atoms with Gasteiger partial charge in [0.1, 0.15) is 0 Å². The number of hydrogen-bond donors (Lipinski definition) is 1. The Labute approximate surface area is 125 Å². The number of benzene rings is 1. The van der Waals surface area contributed by atoms with Crippen molar-refractivity contribution in [2.24, 2.45) is 5.92 Å². The second-order valence-corrected chi connectivity index (χ2v) is 6.59. The molecule has 1 fully saturated rings. The van der Waals surface area contributed by atoms with Crippen LogP contribution < -0.4 is 5.32 Å². The van der Waals surface area contributed by atoms with E-state index in [9.17, 15) is 0 Å². The zero-order chi connectivity index (χ0) is 13.7. The fourth-order valence-corrected chi connectivity index (χ4v) is 3.21. The molecule has 0 aliphatic carbocycles. The molecule has 1 atom stereocenters. The van der Waals surface area contributed by atoms with Crippen LogP contribution in [0.2, 0.25) is 0 Å². The zero-order valence-electron chi connectivity index (χ0n) is 12.0. The summed E-state index contributed by atoms with van der Waals surface area (Å²) in [7, 11) is 2.22. The molecule has 1 aromatic rings. The summed E-state index contributed by atoms with van der Waals surface area (Å²) in [6, 6.07) is 9.15. The van der Waals surface area contributed by atoms with Crippen LogP contribution in [0.25, 0.3) is 0 Å². The van der Waals surface area contributed by atoms with Gasteiger partial charge in [0.15, 0.2) is 0 Å². The van der Waals surface area contributed by atoms with Gasteiger partial charge in [0.05, 0.1) is 0 Å². The van der Waals surface area contributed by atoms with Crippen molar-refractivity contribution in [3.8, 4) is 0 Å². The second-order valence-electron chi connectivity index (χ2n) is 5.67. The third-order valence-electron chi connectivity index (χ3n) is 4.15. The first-order valence-electron chi connectivity index (χ1n) is 7.36. The molecule has 0 bridgehead atoms. The Hall–Kier alpha value is -0.380. The minimum atomic E-state index is 0.483. The summed E-state index contributed by atoms with van der Waals surface area (Å²) < 4.78 is 1.17. The predicted octanol–water partition coefficient (Wildman–Crippen LogP) is 3.83. The third kappa shape index (κ3) is 4.59. The van der Waals surface area contributed by atoms with Crippen molar-refractivity contribution < 1.29 is 0 Å². The zero-order valence-corrected chi connectivity index (χ0v) is 13.6. The molecule has 0 radical (unpaired) electrons. The number of nitrogens with one attached hydrogen (secondary N) is 1. The Kier molecular flexibility index (Phi) is 5.86. The van der Waals surface area contributed by atoms with Gasteiger partial charge in [-0.05, 0) is 69.6 Å². The van der Waals surface area contributed by atoms with Crippen molar-refractivity contribution in [3.05, 3.63) is 34.3 Å². The minimum Gasteiger partial charge on any atom is -0.310 e. The van der Waals surface area contributed by atoms with E-state index in [4.69, 9.17) is 0 Å². The van der Waals surface area contributed by atoms with Crippen molar-refractivity contribution in [3.63, 3.8) is 0 Å². The van der Waals surface area contributed by atoms with E-state index in [-0.39, 0.29) is 0 Å². The summed E-state index contributed by atoms with van der Waals surface area (Å²) in [5.74, 6) is 0.845. The predicted molar refractivity (Wildman–Crippen MR) is 85.4 cm³/mol. The Bertz CT molecular complexity index is 386. The first kappa shape index (κ1) is 15.0. The molecular formula is C16H25BrN2. The van der Waals surface area contributed by atoms with Gasteiger partial charge in [0.2, 0.25) is 0 Å². The molecule has 1 N–H and O–H groups in total. The van der Waals surface area contributed by atoms with Crippen molar-refractivity contribution in [1.29, 1.82) is 0 Å². The number of likely N-dealkylation sites (tertiary alicyclic amines) is 1. The second kappa shape index (κ2) is 7.41. The highest BCUT2D eigenvalue weighted by Gasteiger charge is 2.18. The fraction of sp³-hybridized carbons (Fsp3) is 0.625. The van der Waals surface area contributed by atoms with E-state index in [0.29, 0.717) is 6.04 Å². The van der Waals surface area contributed by atoms with Crippen LogP contribution in [0, 0.1) is 5.92 Å². The summed E-state index contributed by atoms with van der Waals surface area (Å²) in [5.41, 5.74) is 1.39. The maximum atomic E-state index is 3.76. The van der Waals surface area contributed by atoms with Crippen LogP contribution in [0.1, 0.15) is 37.8 Å². The lowest BCUT2D eigenvalue weighted by atomic mass is 9.96. The number of rotatable bonds is 5. The van der Waals surface area contributed by atoms with E-state index in [2.05, 4.69) is 64.4 Å². The first-order valence-corrected chi connectivity index (χ1v) is 8.15. The number of nitrogens with zero attached hydrogens (tertiary/aromatic N) is 1. The summed E-state index contributed by atoms with van der Waals surface area (Å²) in [5, 5.41) is 3.76. The van der Waals surface area contributed by atoms with Crippen LogP contribution in [-0.4, -0.2) is 31.6 Å². The van der Waals surface area contributed by atoms with Crippen LogP contribution in [0.3, 0.4) is 0 Å². The topological polar surface area (TPSA) is 15.3 Å². The lowest BCUT2D eigenvalue weighted by Gasteiger charge is -2.30. The lowest BCUT2D eigenvalue weighted by molar-refractivity contribution is 0.212. The molecule has 1 unspecified atom stereocenters. The minimum absolute atomic E-state index is 0.483. The highest BCUT2D eigenvalue weighted by Crippen LogP contribution is 2.22. The number of hydrogen-bond acceptors (Lipinski definition) is 2. The molecule has 1 saturated heterocycles. The molecular weight excluding hydrogens is 300 g/mol. The Morgan fingerprint density at radius 1 is 1.37 bits per heavy atom. The lowest BCUT2D eigenvalue weighted by Crippen LogP contribution is -2.36. The SMILES string of the molecule is CCC(NCC1CCN(C)CC1)c1cccc(Br)c1. The van der Waals surface area contributed by atoms with Gasteiger partial charge in [-0.2, -0.15) is 0 Å². The van der Waals surface area contributed by atoms with Crippen LogP contribution >= 0.6 is 15.9 Å². The van der Waals surface area contributed by atoms with Crippen LogP contribution in [0.4, 0.5) is 0 Å². The smallest absolute Gasteiger partial charge is 0.0318 e. The van der Waals surface area contributed by atoms with Gasteiger partial charge in [0, 0.05) is 10.5 Å². The quantitative estimate of drug-likeness (QED) is 0.885. The van der Waals surface area contributed by atoms with E-state index in [1.54, 1.807) is 0 Å². The molecule has 0 aromatic heterocycles. The van der Waals surface area contributed by atoms with E-state index in [0.717, 1.165) is 18.9 Å². The van der Waals surface area contributed by atoms with Gasteiger partial charge >= 0.3 is 0 Å². The first-order chi connectivity index (χ1) is 9.19. The van der Waals surface area contributed by atoms with Gasteiger partial charge in [-0.3, -0.25) is 0 Å². The van der Waals surface area contributed by atoms with Crippen molar-refractivity contribution in [2.75, 3.05) is 26.7 Å². The summed E-state index contributed by atoms with van der Waals surface area (Å²) in [6.07, 6.45) is 3.81. The van der Waals surface area contributed by atoms with Gasteiger partial charge in [-0.15, -0.1) is 0 Å². The van der Waals surface area contributed by atoms with E-state index >= 15 is 0 Å². The van der Waals surface area contributed by atoms with E-state index in [1.807, 2.05) is 0 Å². The van der Waals surface area contributed by atoms with E-state index in [1.165, 1.54) is 36.0 Å². The molecule has 0 spiro atoms. The highest BCUT2D eigenvalue weighted by molar-refractivity contribution is 9.10. The van der Waals surface area contributed by atoms with Crippen LogP contribution in [-0.2, 0) is 0 Å². The molecule has 1 aliphatic heterocycles. The number of halogens is 1. The van der Waals surface area contributed by atoms with Crippen molar-refractivity contribution in [1.82, 2.24) is 10.2 Å². The normalized spacial score (nSPS) is 19.5. The van der Waals surface area contributed by atoms with E-state index < -0.39 is 0 Å². The van der Waals surface area contributed by atoms with Gasteiger partial charge in [0.25, 0.3) is 0 Å². The average molecular weight is 325 g/mol. The molecule has 106 valence electrons. The highest BCUT2D eigenvalue weighted by atomic mass is 79.9. The standard InChI is InChI=1S/C16H25BrN2/c1-3-16(14-5-4-6-15(17)11-14)18-12-13-7-9-19(2)10-8-13/h4-6,11,13,16,18H,3,7-10,12H2,1-2H3. The average Bonchev–Trinajstić information content (AvgIpc) is 2.42. The molecule has 1 aromatic carbocycles. The Balaban J connectivity index is 1.86. The summed E-state index contributed by atoms with van der Waals surface area (Å²) in [6.45, 7) is 5.91. The summed E-state index contributed by atoms with van der Waals surface area (Å²) >= 11 is 3.56. The molecule has 19 heavy (non-hydrogen) atoms. The molecule has 0 saturated carbocycles. The van der Waals surface area contributed by atoms with Crippen molar-refractivity contribution >= 4 is 15.9 Å². The Morgan fingerprint density at radius 2 is 2.11 bits per heavy atom. The summed E-state index contributed by atoms with van der Waals surface area (Å²) in [4.78, 5) is 2.43. The third-order valence-corrected chi connectivity index (χ3v) is 4.64. The molecule has 1 heterocycles. The Morgan fingerprint density at radius 3 is 2.74 bits per heavy atom. The van der Waals surface area contributed by atoms with Gasteiger partial charge in [-0.25, -0.2) is 0 Å². The maximum absolute atomic E-state index is 3.76. The molecule has 0 amide bonds. The van der Waals surface area contributed by atoms with Crippen LogP contribution in [0.5, 0.6) is 0 Å². The molecule has 2 nitrogen and oxygen atoms in total. The van der Waals surface area contributed by atoms with Crippen molar-refractivity contribution in [2.45, 2.75) is 32.2 Å². The number of piperidine rings is 1. The molecule has 3 heteroatoms. The fourth-order valence-electron chi connectivity index (χ4n) is 2.80. The van der Waals surface area contributed by atoms with Gasteiger partial charge < -0.3 is 10.2 Å². The molecule has 2 rings (SSSR count). The maximum Gasteiger partial charge on any atom is 0.0318 e.